The van der Waals surface area contributed by atoms with E-state index in [1.807, 2.05) is 6.92 Å². The molecule has 20 heavy (non-hydrogen) atoms. The van der Waals surface area contributed by atoms with E-state index in [1.54, 1.807) is 48.5 Å². The molecule has 0 N–H and O–H groups in total. The normalized spacial score (nSPS) is 12.7. The van der Waals surface area contributed by atoms with Crippen molar-refractivity contribution in [1.29, 1.82) is 0 Å². The summed E-state index contributed by atoms with van der Waals surface area (Å²) in [5, 5.41) is -1.24. The van der Waals surface area contributed by atoms with E-state index in [4.69, 9.17) is 6.57 Å². The van der Waals surface area contributed by atoms with E-state index in [9.17, 15) is 8.42 Å². The van der Waals surface area contributed by atoms with E-state index in [0.717, 1.165) is 5.56 Å². The maximum absolute atomic E-state index is 12.6. The standard InChI is InChI=1S/C15H12BrNO2S/c1-11-7-9-12(10-8-11)20(18,19)15(17-2)13-5-3-4-6-14(13)16/h3-10,15H,1H3. The molecule has 0 aliphatic rings. The number of benzene rings is 2. The van der Waals surface area contributed by atoms with Crippen molar-refractivity contribution >= 4 is 25.8 Å². The lowest BCUT2D eigenvalue weighted by molar-refractivity contribution is 0.590. The predicted octanol–water partition coefficient (Wildman–Crippen LogP) is 4.15. The molecule has 0 heterocycles. The van der Waals surface area contributed by atoms with Gasteiger partial charge in [0.2, 0.25) is 0 Å². The lowest BCUT2D eigenvalue weighted by atomic mass is 10.2. The first-order chi connectivity index (χ1) is 9.46. The van der Waals surface area contributed by atoms with E-state index in [1.165, 1.54) is 0 Å². The maximum Gasteiger partial charge on any atom is 0.351 e. The van der Waals surface area contributed by atoms with Crippen LogP contribution in [0.25, 0.3) is 4.85 Å². The molecule has 0 saturated carbocycles. The smallest absolute Gasteiger partial charge is 0.291 e. The molecular formula is C15H12BrNO2S. The first-order valence-electron chi connectivity index (χ1n) is 5.88. The summed E-state index contributed by atoms with van der Waals surface area (Å²) >= 11 is 3.31. The number of nitrogens with zero attached hydrogens (tertiary/aromatic N) is 1. The van der Waals surface area contributed by atoms with Crippen LogP contribution in [0.1, 0.15) is 16.5 Å². The molecule has 2 rings (SSSR count). The third kappa shape index (κ3) is 2.77. The molecule has 0 bridgehead atoms. The predicted molar refractivity (Wildman–Crippen MR) is 81.8 cm³/mol. The number of hydrogen-bond donors (Lipinski definition) is 0. The summed E-state index contributed by atoms with van der Waals surface area (Å²) in [6, 6.07) is 13.4. The van der Waals surface area contributed by atoms with Crippen molar-refractivity contribution in [2.45, 2.75) is 17.2 Å². The molecule has 0 saturated heterocycles. The van der Waals surface area contributed by atoms with Gasteiger partial charge in [-0.3, -0.25) is 4.85 Å². The van der Waals surface area contributed by atoms with E-state index in [2.05, 4.69) is 20.8 Å². The Morgan fingerprint density at radius 1 is 1.10 bits per heavy atom. The quantitative estimate of drug-likeness (QED) is 0.780. The second-order valence-electron chi connectivity index (χ2n) is 4.36. The van der Waals surface area contributed by atoms with Gasteiger partial charge < -0.3 is 0 Å². The van der Waals surface area contributed by atoms with Gasteiger partial charge in [0.1, 0.15) is 0 Å². The zero-order chi connectivity index (χ0) is 14.8. The van der Waals surface area contributed by atoms with Gasteiger partial charge in [-0.15, -0.1) is 0 Å². The molecular weight excluding hydrogens is 338 g/mol. The number of halogens is 1. The van der Waals surface area contributed by atoms with Crippen molar-refractivity contribution in [2.24, 2.45) is 0 Å². The van der Waals surface area contributed by atoms with Crippen molar-refractivity contribution in [3.63, 3.8) is 0 Å². The van der Waals surface area contributed by atoms with E-state index >= 15 is 0 Å². The Balaban J connectivity index is 2.55. The summed E-state index contributed by atoms with van der Waals surface area (Å²) in [5.74, 6) is 0. The first kappa shape index (κ1) is 14.8. The van der Waals surface area contributed by atoms with Gasteiger partial charge in [0.25, 0.3) is 9.84 Å². The molecule has 2 aromatic carbocycles. The van der Waals surface area contributed by atoms with Gasteiger partial charge in [0.15, 0.2) is 0 Å². The van der Waals surface area contributed by atoms with Crippen LogP contribution in [0.4, 0.5) is 0 Å². The SMILES string of the molecule is [C-]#[N+]C(c1ccccc1Br)S(=O)(=O)c1ccc(C)cc1. The van der Waals surface area contributed by atoms with Crippen LogP contribution in [0.2, 0.25) is 0 Å². The molecule has 0 spiro atoms. The molecule has 0 aromatic heterocycles. The molecule has 5 heteroatoms. The Hall–Kier alpha value is -1.64. The second kappa shape index (κ2) is 5.78. The molecule has 0 fully saturated rings. The van der Waals surface area contributed by atoms with Gasteiger partial charge in [0.05, 0.1) is 10.5 Å². The largest absolute Gasteiger partial charge is 0.351 e. The molecule has 0 radical (unpaired) electrons. The minimum atomic E-state index is -3.73. The lowest BCUT2D eigenvalue weighted by Crippen LogP contribution is -2.11. The van der Waals surface area contributed by atoms with Gasteiger partial charge in [0, 0.05) is 4.47 Å². The molecule has 0 aliphatic heterocycles. The van der Waals surface area contributed by atoms with Crippen molar-refractivity contribution < 1.29 is 8.42 Å². The Labute approximate surface area is 127 Å². The zero-order valence-electron chi connectivity index (χ0n) is 10.7. The third-order valence-corrected chi connectivity index (χ3v) is 5.53. The first-order valence-corrected chi connectivity index (χ1v) is 8.22. The summed E-state index contributed by atoms with van der Waals surface area (Å²) < 4.78 is 25.8. The van der Waals surface area contributed by atoms with Crippen LogP contribution in [-0.4, -0.2) is 8.42 Å². The Morgan fingerprint density at radius 2 is 1.70 bits per heavy atom. The highest BCUT2D eigenvalue weighted by Crippen LogP contribution is 2.34. The number of aryl methyl sites for hydroxylation is 1. The Bertz CT molecular complexity index is 761. The monoisotopic (exact) mass is 349 g/mol. The summed E-state index contributed by atoms with van der Waals surface area (Å²) in [4.78, 5) is 3.49. The second-order valence-corrected chi connectivity index (χ2v) is 7.22. The fraction of sp³-hybridized carbons (Fsp3) is 0.133. The molecule has 2 aromatic rings. The topological polar surface area (TPSA) is 38.5 Å². The molecule has 1 unspecified atom stereocenters. The average Bonchev–Trinajstić information content (AvgIpc) is 2.42. The van der Waals surface area contributed by atoms with Crippen LogP contribution in [-0.2, 0) is 9.84 Å². The zero-order valence-corrected chi connectivity index (χ0v) is 13.1. The highest BCUT2D eigenvalue weighted by Gasteiger charge is 2.35. The van der Waals surface area contributed by atoms with Gasteiger partial charge in [-0.05, 0) is 31.2 Å². The maximum atomic E-state index is 12.6. The van der Waals surface area contributed by atoms with E-state index in [-0.39, 0.29) is 4.90 Å². The van der Waals surface area contributed by atoms with Crippen LogP contribution in [0.5, 0.6) is 0 Å². The minimum absolute atomic E-state index is 0.167. The lowest BCUT2D eigenvalue weighted by Gasteiger charge is -2.09. The molecule has 3 nitrogen and oxygen atoms in total. The van der Waals surface area contributed by atoms with Gasteiger partial charge in [-0.2, -0.15) is 0 Å². The molecule has 1 atom stereocenters. The summed E-state index contributed by atoms with van der Waals surface area (Å²) in [6.45, 7) is 9.15. The summed E-state index contributed by atoms with van der Waals surface area (Å²) in [6.07, 6.45) is 0. The number of sulfone groups is 1. The van der Waals surface area contributed by atoms with Crippen molar-refractivity contribution in [1.82, 2.24) is 0 Å². The summed E-state index contributed by atoms with van der Waals surface area (Å²) in [5.41, 5.74) is 1.44. The number of rotatable bonds is 3. The van der Waals surface area contributed by atoms with Gasteiger partial charge in [-0.1, -0.05) is 45.8 Å². The van der Waals surface area contributed by atoms with Crippen LogP contribution >= 0.6 is 15.9 Å². The van der Waals surface area contributed by atoms with Gasteiger partial charge in [-0.25, -0.2) is 15.0 Å². The van der Waals surface area contributed by atoms with Crippen LogP contribution in [0, 0.1) is 13.5 Å². The molecule has 0 aliphatic carbocycles. The highest BCUT2D eigenvalue weighted by atomic mass is 79.9. The summed E-state index contributed by atoms with van der Waals surface area (Å²) in [7, 11) is -3.73. The molecule has 102 valence electrons. The van der Waals surface area contributed by atoms with Gasteiger partial charge >= 0.3 is 5.37 Å². The van der Waals surface area contributed by atoms with Crippen molar-refractivity contribution in [3.05, 3.63) is 75.5 Å². The van der Waals surface area contributed by atoms with E-state index in [0.29, 0.717) is 10.0 Å². The average molecular weight is 350 g/mol. The van der Waals surface area contributed by atoms with Crippen molar-refractivity contribution in [2.75, 3.05) is 0 Å². The van der Waals surface area contributed by atoms with Crippen LogP contribution in [0.3, 0.4) is 0 Å². The highest BCUT2D eigenvalue weighted by molar-refractivity contribution is 9.10. The Morgan fingerprint density at radius 3 is 2.25 bits per heavy atom. The minimum Gasteiger partial charge on any atom is -0.291 e. The van der Waals surface area contributed by atoms with Crippen molar-refractivity contribution in [3.8, 4) is 0 Å². The fourth-order valence-electron chi connectivity index (χ4n) is 1.84. The molecule has 0 amide bonds. The van der Waals surface area contributed by atoms with Crippen LogP contribution < -0.4 is 0 Å². The fourth-order valence-corrected chi connectivity index (χ4v) is 3.94. The van der Waals surface area contributed by atoms with Crippen LogP contribution in [0.15, 0.2) is 57.9 Å². The van der Waals surface area contributed by atoms with E-state index < -0.39 is 15.2 Å². The Kier molecular flexibility index (Phi) is 4.26. The number of hydrogen-bond acceptors (Lipinski definition) is 2. The third-order valence-electron chi connectivity index (χ3n) is 2.93.